The largest absolute Gasteiger partial charge is 0.335 e. The highest BCUT2D eigenvalue weighted by Crippen LogP contribution is 2.31. The van der Waals surface area contributed by atoms with Crippen LogP contribution in [0.15, 0.2) is 24.3 Å². The lowest BCUT2D eigenvalue weighted by Crippen LogP contribution is -2.00. The second-order valence-corrected chi connectivity index (χ2v) is 5.31. The normalized spacial score (nSPS) is 13.1. The molecular weight excluding hydrogens is 264 g/mol. The Hall–Kier alpha value is -2.67. The molecule has 0 bridgehead atoms. The summed E-state index contributed by atoms with van der Waals surface area (Å²) in [7, 11) is 1.78. The van der Waals surface area contributed by atoms with Crippen molar-refractivity contribution in [1.82, 2.24) is 4.57 Å². The number of aryl methyl sites for hydroxylation is 1. The molecule has 0 aliphatic heterocycles. The van der Waals surface area contributed by atoms with E-state index in [0.717, 1.165) is 28.8 Å². The summed E-state index contributed by atoms with van der Waals surface area (Å²) in [6.45, 7) is 1.50. The molecule has 0 spiro atoms. The maximum absolute atomic E-state index is 11.8. The maximum Gasteiger partial charge on any atom is 0.163 e. The lowest BCUT2D eigenvalue weighted by molar-refractivity contribution is 0.0991. The monoisotopic (exact) mass is 278 g/mol. The second kappa shape index (κ2) is 4.71. The van der Waals surface area contributed by atoms with Gasteiger partial charge in [-0.2, -0.15) is 5.26 Å². The number of hydrogen-bond donors (Lipinski definition) is 0. The summed E-state index contributed by atoms with van der Waals surface area (Å²) in [4.78, 5) is 23.5. The Bertz CT molecular complexity index is 822. The lowest BCUT2D eigenvalue weighted by Gasteiger charge is -2.09. The van der Waals surface area contributed by atoms with E-state index in [1.54, 1.807) is 17.7 Å². The van der Waals surface area contributed by atoms with Gasteiger partial charge in [0.1, 0.15) is 11.8 Å². The van der Waals surface area contributed by atoms with Gasteiger partial charge in [0.15, 0.2) is 11.6 Å². The predicted octanol–water partition coefficient (Wildman–Crippen LogP) is 2.90. The molecule has 3 rings (SSSR count). The molecule has 104 valence electrons. The third-order valence-corrected chi connectivity index (χ3v) is 4.03. The van der Waals surface area contributed by atoms with Crippen LogP contribution in [-0.4, -0.2) is 16.1 Å². The quantitative estimate of drug-likeness (QED) is 0.793. The third kappa shape index (κ3) is 1.98. The summed E-state index contributed by atoms with van der Waals surface area (Å²) in [5, 5.41) is 9.15. The van der Waals surface area contributed by atoms with Gasteiger partial charge in [-0.1, -0.05) is 12.1 Å². The molecular formula is C17H14N2O2. The molecule has 1 aliphatic carbocycles. The Morgan fingerprint density at radius 3 is 2.71 bits per heavy atom. The Morgan fingerprint density at radius 2 is 2.05 bits per heavy atom. The van der Waals surface area contributed by atoms with Gasteiger partial charge < -0.3 is 4.57 Å². The van der Waals surface area contributed by atoms with E-state index in [2.05, 4.69) is 6.07 Å². The van der Waals surface area contributed by atoms with Crippen molar-refractivity contribution in [2.75, 3.05) is 0 Å². The van der Waals surface area contributed by atoms with E-state index in [4.69, 9.17) is 5.26 Å². The zero-order chi connectivity index (χ0) is 15.1. The number of hydrogen-bond acceptors (Lipinski definition) is 3. The van der Waals surface area contributed by atoms with Crippen LogP contribution >= 0.6 is 0 Å². The highest BCUT2D eigenvalue weighted by atomic mass is 16.1. The van der Waals surface area contributed by atoms with Crippen LogP contribution in [0.2, 0.25) is 0 Å². The van der Waals surface area contributed by atoms with Gasteiger partial charge in [0.05, 0.1) is 5.69 Å². The fourth-order valence-electron chi connectivity index (χ4n) is 2.93. The van der Waals surface area contributed by atoms with E-state index >= 15 is 0 Å². The number of fused-ring (bicyclic) bond motifs is 1. The first-order valence-electron chi connectivity index (χ1n) is 6.80. The summed E-state index contributed by atoms with van der Waals surface area (Å²) in [6.07, 6.45) is 1.29. The summed E-state index contributed by atoms with van der Waals surface area (Å²) < 4.78 is 1.73. The van der Waals surface area contributed by atoms with Crippen LogP contribution in [0.4, 0.5) is 0 Å². The van der Waals surface area contributed by atoms with Crippen molar-refractivity contribution in [3.63, 3.8) is 0 Å². The van der Waals surface area contributed by atoms with Crippen LogP contribution in [-0.2, 0) is 13.5 Å². The first-order chi connectivity index (χ1) is 10.0. The van der Waals surface area contributed by atoms with E-state index in [1.807, 2.05) is 18.2 Å². The number of ketones is 2. The summed E-state index contributed by atoms with van der Waals surface area (Å²) >= 11 is 0. The average molecular weight is 278 g/mol. The molecule has 1 aromatic heterocycles. The Labute approximate surface area is 122 Å². The molecule has 2 aromatic rings. The van der Waals surface area contributed by atoms with Crippen LogP contribution in [0.5, 0.6) is 0 Å². The predicted molar refractivity (Wildman–Crippen MR) is 78.2 cm³/mol. The van der Waals surface area contributed by atoms with Crippen LogP contribution in [0, 0.1) is 11.3 Å². The van der Waals surface area contributed by atoms with Crippen LogP contribution < -0.4 is 0 Å². The molecule has 0 radical (unpaired) electrons. The molecule has 0 saturated heterocycles. The zero-order valence-electron chi connectivity index (χ0n) is 11.9. The van der Waals surface area contributed by atoms with Crippen molar-refractivity contribution < 1.29 is 9.59 Å². The maximum atomic E-state index is 11.8. The number of aromatic nitrogens is 1. The van der Waals surface area contributed by atoms with Crippen molar-refractivity contribution in [3.8, 4) is 17.3 Å². The number of rotatable bonds is 2. The average Bonchev–Trinajstić information content (AvgIpc) is 2.99. The molecule has 21 heavy (non-hydrogen) atoms. The van der Waals surface area contributed by atoms with Gasteiger partial charge in [-0.15, -0.1) is 0 Å². The van der Waals surface area contributed by atoms with Crippen molar-refractivity contribution in [2.24, 2.45) is 7.05 Å². The fraction of sp³-hybridized carbons (Fsp3) is 0.235. The molecule has 0 N–H and O–H groups in total. The minimum absolute atomic E-state index is 0.0707. The van der Waals surface area contributed by atoms with Crippen molar-refractivity contribution in [3.05, 3.63) is 46.6 Å². The van der Waals surface area contributed by atoms with E-state index < -0.39 is 0 Å². The number of Topliss-reactive ketones (excluding diaryl/α,β-unsaturated/α-hetero) is 2. The van der Waals surface area contributed by atoms with Crippen LogP contribution in [0.25, 0.3) is 11.3 Å². The smallest absolute Gasteiger partial charge is 0.163 e. The number of nitriles is 1. The first kappa shape index (κ1) is 13.3. The molecule has 1 heterocycles. The SMILES string of the molecule is CC(=O)c1cc(C#N)n(C)c1-c1ccc2c(c1)CCC2=O. The number of carbonyl (C=O) groups excluding carboxylic acids is 2. The Kier molecular flexibility index (Phi) is 2.99. The van der Waals surface area contributed by atoms with Gasteiger partial charge in [0.25, 0.3) is 0 Å². The summed E-state index contributed by atoms with van der Waals surface area (Å²) in [6, 6.07) is 9.35. The van der Waals surface area contributed by atoms with Gasteiger partial charge >= 0.3 is 0 Å². The molecule has 1 aromatic carbocycles. The van der Waals surface area contributed by atoms with Gasteiger partial charge in [0.2, 0.25) is 0 Å². The van der Waals surface area contributed by atoms with E-state index in [1.165, 1.54) is 6.92 Å². The molecule has 0 fully saturated rings. The molecule has 0 atom stereocenters. The van der Waals surface area contributed by atoms with Gasteiger partial charge in [0, 0.05) is 24.6 Å². The topological polar surface area (TPSA) is 62.9 Å². The molecule has 4 nitrogen and oxygen atoms in total. The number of benzene rings is 1. The van der Waals surface area contributed by atoms with Crippen molar-refractivity contribution >= 4 is 11.6 Å². The minimum atomic E-state index is -0.0707. The van der Waals surface area contributed by atoms with E-state index in [9.17, 15) is 9.59 Å². The lowest BCUT2D eigenvalue weighted by atomic mass is 10.0. The highest BCUT2D eigenvalue weighted by Gasteiger charge is 2.22. The van der Waals surface area contributed by atoms with Gasteiger partial charge in [-0.3, -0.25) is 9.59 Å². The van der Waals surface area contributed by atoms with Crippen molar-refractivity contribution in [2.45, 2.75) is 19.8 Å². The minimum Gasteiger partial charge on any atom is -0.335 e. The number of carbonyl (C=O) groups is 2. The second-order valence-electron chi connectivity index (χ2n) is 5.31. The first-order valence-corrected chi connectivity index (χ1v) is 6.80. The third-order valence-electron chi connectivity index (χ3n) is 4.03. The molecule has 1 aliphatic rings. The zero-order valence-corrected chi connectivity index (χ0v) is 11.9. The Morgan fingerprint density at radius 1 is 1.29 bits per heavy atom. The van der Waals surface area contributed by atoms with Crippen LogP contribution in [0.3, 0.4) is 0 Å². The molecule has 0 amide bonds. The summed E-state index contributed by atoms with van der Waals surface area (Å²) in [5.74, 6) is 0.103. The molecule has 0 unspecified atom stereocenters. The van der Waals surface area contributed by atoms with E-state index in [0.29, 0.717) is 17.7 Å². The highest BCUT2D eigenvalue weighted by molar-refractivity contribution is 6.03. The molecule has 0 saturated carbocycles. The van der Waals surface area contributed by atoms with Gasteiger partial charge in [-0.25, -0.2) is 0 Å². The van der Waals surface area contributed by atoms with E-state index in [-0.39, 0.29) is 11.6 Å². The Balaban J connectivity index is 2.22. The standard InChI is InChI=1S/C17H14N2O2/c1-10(20)15-8-13(9-18)19(2)17(15)12-3-5-14-11(7-12)4-6-16(14)21/h3,5,7-8H,4,6H2,1-2H3. The van der Waals surface area contributed by atoms with Crippen molar-refractivity contribution in [1.29, 1.82) is 5.26 Å². The van der Waals surface area contributed by atoms with Crippen LogP contribution in [0.1, 0.15) is 45.3 Å². The van der Waals surface area contributed by atoms with Gasteiger partial charge in [-0.05, 0) is 36.6 Å². The fourth-order valence-corrected chi connectivity index (χ4v) is 2.93. The molecule has 4 heteroatoms. The summed E-state index contributed by atoms with van der Waals surface area (Å²) in [5.41, 5.74) is 4.40. The number of nitrogens with zero attached hydrogens (tertiary/aromatic N) is 2.